The van der Waals surface area contributed by atoms with E-state index < -0.39 is 11.7 Å². The highest BCUT2D eigenvalue weighted by molar-refractivity contribution is 5.81. The molecule has 0 saturated heterocycles. The standard InChI is InChI=1S/C23H28F3N5O2/c1-16(32)30-11-8-18-17(14-30)5-3-7-20(18)29-13-22(33)31(12-10-27-2)15-21-19(23(24,25)26)6-4-9-28-21/h3-7,9,27,29H,8,10-15H2,1-2H3. The van der Waals surface area contributed by atoms with Crippen LogP contribution in [0.2, 0.25) is 0 Å². The molecule has 0 bridgehead atoms. The molecule has 0 fully saturated rings. The lowest BCUT2D eigenvalue weighted by atomic mass is 9.97. The second-order valence-corrected chi connectivity index (χ2v) is 7.90. The van der Waals surface area contributed by atoms with Gasteiger partial charge < -0.3 is 20.4 Å². The van der Waals surface area contributed by atoms with Crippen LogP contribution >= 0.6 is 0 Å². The van der Waals surface area contributed by atoms with Gasteiger partial charge in [-0.1, -0.05) is 12.1 Å². The molecule has 0 saturated carbocycles. The number of aromatic nitrogens is 1. The fraction of sp³-hybridized carbons (Fsp3) is 0.435. The number of nitrogens with one attached hydrogen (secondary N) is 2. The Hall–Kier alpha value is -3.14. The van der Waals surface area contributed by atoms with Crippen LogP contribution in [0.25, 0.3) is 0 Å². The van der Waals surface area contributed by atoms with E-state index in [-0.39, 0.29) is 37.1 Å². The van der Waals surface area contributed by atoms with E-state index in [4.69, 9.17) is 0 Å². The van der Waals surface area contributed by atoms with E-state index in [1.54, 1.807) is 11.9 Å². The van der Waals surface area contributed by atoms with Crippen molar-refractivity contribution >= 4 is 17.5 Å². The maximum absolute atomic E-state index is 13.4. The SMILES string of the molecule is CNCCN(Cc1ncccc1C(F)(F)F)C(=O)CNc1cccc2c1CCN(C(C)=O)C2. The number of benzene rings is 1. The summed E-state index contributed by atoms with van der Waals surface area (Å²) in [6, 6.07) is 7.89. The summed E-state index contributed by atoms with van der Waals surface area (Å²) in [6.07, 6.45) is -2.58. The predicted molar refractivity (Wildman–Crippen MR) is 118 cm³/mol. The number of alkyl halides is 3. The number of hydrogen-bond donors (Lipinski definition) is 2. The van der Waals surface area contributed by atoms with E-state index in [0.29, 0.717) is 26.1 Å². The number of carbonyl (C=O) groups excluding carboxylic acids is 2. The van der Waals surface area contributed by atoms with Crippen LogP contribution in [0.4, 0.5) is 18.9 Å². The Morgan fingerprint density at radius 2 is 2.00 bits per heavy atom. The first-order chi connectivity index (χ1) is 15.7. The van der Waals surface area contributed by atoms with Gasteiger partial charge in [0.15, 0.2) is 0 Å². The van der Waals surface area contributed by atoms with Crippen LogP contribution in [0.15, 0.2) is 36.5 Å². The maximum atomic E-state index is 13.4. The van der Waals surface area contributed by atoms with Crippen molar-refractivity contribution in [3.63, 3.8) is 0 Å². The number of likely N-dealkylation sites (N-methyl/N-ethyl adjacent to an activating group) is 1. The third-order valence-corrected chi connectivity index (χ3v) is 5.66. The number of nitrogens with zero attached hydrogens (tertiary/aromatic N) is 3. The quantitative estimate of drug-likeness (QED) is 0.630. The average molecular weight is 464 g/mol. The molecule has 3 rings (SSSR count). The first-order valence-electron chi connectivity index (χ1n) is 10.7. The van der Waals surface area contributed by atoms with E-state index >= 15 is 0 Å². The lowest BCUT2D eigenvalue weighted by Crippen LogP contribution is -2.40. The molecule has 2 N–H and O–H groups in total. The van der Waals surface area contributed by atoms with Crippen molar-refractivity contribution < 1.29 is 22.8 Å². The highest BCUT2D eigenvalue weighted by atomic mass is 19.4. The summed E-state index contributed by atoms with van der Waals surface area (Å²) in [5.41, 5.74) is 1.84. The van der Waals surface area contributed by atoms with Crippen molar-refractivity contribution in [3.8, 4) is 0 Å². The molecule has 1 aromatic heterocycles. The number of halogens is 3. The molecule has 2 amide bonds. The van der Waals surface area contributed by atoms with Crippen LogP contribution in [-0.4, -0.2) is 59.8 Å². The molecule has 0 atom stereocenters. The van der Waals surface area contributed by atoms with Gasteiger partial charge in [-0.3, -0.25) is 14.6 Å². The van der Waals surface area contributed by atoms with Crippen molar-refractivity contribution in [2.45, 2.75) is 32.6 Å². The largest absolute Gasteiger partial charge is 0.418 e. The molecule has 1 aliphatic heterocycles. The Kier molecular flexibility index (Phi) is 7.91. The fourth-order valence-corrected chi connectivity index (χ4v) is 3.87. The molecule has 33 heavy (non-hydrogen) atoms. The number of fused-ring (bicyclic) bond motifs is 1. The summed E-state index contributed by atoms with van der Waals surface area (Å²) < 4.78 is 40.1. The lowest BCUT2D eigenvalue weighted by Gasteiger charge is -2.30. The second kappa shape index (κ2) is 10.7. The van der Waals surface area contributed by atoms with Gasteiger partial charge in [0.05, 0.1) is 24.3 Å². The van der Waals surface area contributed by atoms with Gasteiger partial charge >= 0.3 is 6.18 Å². The molecular formula is C23H28F3N5O2. The van der Waals surface area contributed by atoms with E-state index in [1.165, 1.54) is 24.1 Å². The summed E-state index contributed by atoms with van der Waals surface area (Å²) >= 11 is 0. The van der Waals surface area contributed by atoms with E-state index in [9.17, 15) is 22.8 Å². The molecule has 1 aliphatic rings. The molecule has 0 radical (unpaired) electrons. The Balaban J connectivity index is 1.72. The molecule has 10 heteroatoms. The highest BCUT2D eigenvalue weighted by Crippen LogP contribution is 2.31. The molecule has 7 nitrogen and oxygen atoms in total. The zero-order chi connectivity index (χ0) is 24.0. The summed E-state index contributed by atoms with van der Waals surface area (Å²) in [7, 11) is 1.71. The minimum atomic E-state index is -4.55. The molecule has 1 aromatic carbocycles. The van der Waals surface area contributed by atoms with Gasteiger partial charge in [-0.15, -0.1) is 0 Å². The molecule has 0 aliphatic carbocycles. The molecule has 2 heterocycles. The van der Waals surface area contributed by atoms with Gasteiger partial charge in [0.25, 0.3) is 0 Å². The van der Waals surface area contributed by atoms with E-state index in [1.807, 2.05) is 18.2 Å². The lowest BCUT2D eigenvalue weighted by molar-refractivity contribution is -0.140. The molecular weight excluding hydrogens is 435 g/mol. The topological polar surface area (TPSA) is 77.6 Å². The molecule has 0 unspecified atom stereocenters. The van der Waals surface area contributed by atoms with Crippen LogP contribution in [-0.2, 0) is 35.3 Å². The van der Waals surface area contributed by atoms with E-state index in [0.717, 1.165) is 22.9 Å². The van der Waals surface area contributed by atoms with Crippen molar-refractivity contribution in [2.24, 2.45) is 0 Å². The second-order valence-electron chi connectivity index (χ2n) is 7.90. The Morgan fingerprint density at radius 1 is 1.21 bits per heavy atom. The van der Waals surface area contributed by atoms with Crippen molar-refractivity contribution in [1.29, 1.82) is 0 Å². The van der Waals surface area contributed by atoms with Crippen molar-refractivity contribution in [3.05, 3.63) is 58.9 Å². The smallest absolute Gasteiger partial charge is 0.376 e. The summed E-state index contributed by atoms with van der Waals surface area (Å²) in [4.78, 5) is 31.7. The minimum Gasteiger partial charge on any atom is -0.376 e. The third kappa shape index (κ3) is 6.22. The first-order valence-corrected chi connectivity index (χ1v) is 10.7. The zero-order valence-corrected chi connectivity index (χ0v) is 18.7. The predicted octanol–water partition coefficient (Wildman–Crippen LogP) is 2.67. The number of carbonyl (C=O) groups is 2. The van der Waals surface area contributed by atoms with Crippen molar-refractivity contribution in [2.75, 3.05) is 38.5 Å². The van der Waals surface area contributed by atoms with Crippen molar-refractivity contribution in [1.82, 2.24) is 20.1 Å². The molecule has 0 spiro atoms. The number of pyridine rings is 1. The zero-order valence-electron chi connectivity index (χ0n) is 18.7. The summed E-state index contributed by atoms with van der Waals surface area (Å²) in [5, 5.41) is 6.07. The van der Waals surface area contributed by atoms with Gasteiger partial charge in [-0.2, -0.15) is 13.2 Å². The number of hydrogen-bond acceptors (Lipinski definition) is 5. The van der Waals surface area contributed by atoms with Crippen LogP contribution in [0.3, 0.4) is 0 Å². The monoisotopic (exact) mass is 463 g/mol. The first kappa shape index (κ1) is 24.5. The Morgan fingerprint density at radius 3 is 2.70 bits per heavy atom. The molecule has 178 valence electrons. The Labute approximate surface area is 191 Å². The number of amides is 2. The van der Waals surface area contributed by atoms with Crippen LogP contribution in [0, 0.1) is 0 Å². The summed E-state index contributed by atoms with van der Waals surface area (Å²) in [6.45, 7) is 3.03. The fourth-order valence-electron chi connectivity index (χ4n) is 3.87. The number of rotatable bonds is 8. The van der Waals surface area contributed by atoms with Gasteiger partial charge in [0, 0.05) is 45.0 Å². The van der Waals surface area contributed by atoms with Crippen LogP contribution in [0.5, 0.6) is 0 Å². The summed E-state index contributed by atoms with van der Waals surface area (Å²) in [5.74, 6) is -0.315. The van der Waals surface area contributed by atoms with Crippen LogP contribution in [0.1, 0.15) is 29.3 Å². The average Bonchev–Trinajstić information content (AvgIpc) is 2.79. The third-order valence-electron chi connectivity index (χ3n) is 5.66. The minimum absolute atomic E-state index is 0.0158. The normalized spacial score (nSPS) is 13.4. The van der Waals surface area contributed by atoms with Gasteiger partial charge in [0.2, 0.25) is 11.8 Å². The molecule has 2 aromatic rings. The van der Waals surface area contributed by atoms with Crippen LogP contribution < -0.4 is 10.6 Å². The van der Waals surface area contributed by atoms with Gasteiger partial charge in [-0.05, 0) is 42.8 Å². The highest BCUT2D eigenvalue weighted by Gasteiger charge is 2.34. The van der Waals surface area contributed by atoms with Gasteiger partial charge in [0.1, 0.15) is 0 Å². The maximum Gasteiger partial charge on any atom is 0.418 e. The van der Waals surface area contributed by atoms with E-state index in [2.05, 4.69) is 15.6 Å². The van der Waals surface area contributed by atoms with Gasteiger partial charge in [-0.25, -0.2) is 0 Å². The Bertz CT molecular complexity index is 996. The number of anilines is 1.